The van der Waals surface area contributed by atoms with E-state index in [0.717, 1.165) is 44.1 Å². The molecule has 0 N–H and O–H groups in total. The minimum atomic E-state index is -0.478. The molecule has 0 spiro atoms. The van der Waals surface area contributed by atoms with Gasteiger partial charge in [-0.2, -0.15) is 0 Å². The van der Waals surface area contributed by atoms with Crippen LogP contribution >= 0.6 is 0 Å². The second-order valence-corrected chi connectivity index (χ2v) is 7.29. The SMILES string of the molecule is C[C@H](OC[C@@H]1CCCO1)C(=O)O[C@@H]1CC[C@H]2CCCC[C@@H]2C1. The summed E-state index contributed by atoms with van der Waals surface area (Å²) in [6, 6.07) is 0. The number of esters is 1. The lowest BCUT2D eigenvalue weighted by atomic mass is 9.70. The van der Waals surface area contributed by atoms with Gasteiger partial charge in [0.2, 0.25) is 0 Å². The highest BCUT2D eigenvalue weighted by molar-refractivity contribution is 5.74. The van der Waals surface area contributed by atoms with Crippen LogP contribution in [-0.2, 0) is 19.0 Å². The zero-order chi connectivity index (χ0) is 15.4. The highest BCUT2D eigenvalue weighted by Gasteiger charge is 2.34. The molecule has 0 bridgehead atoms. The van der Waals surface area contributed by atoms with E-state index in [0.29, 0.717) is 6.61 Å². The summed E-state index contributed by atoms with van der Waals surface area (Å²) in [5.41, 5.74) is 0. The van der Waals surface area contributed by atoms with E-state index in [-0.39, 0.29) is 18.2 Å². The Bertz CT molecular complexity index is 364. The zero-order valence-electron chi connectivity index (χ0n) is 13.8. The van der Waals surface area contributed by atoms with E-state index in [4.69, 9.17) is 14.2 Å². The van der Waals surface area contributed by atoms with Crippen LogP contribution in [0.1, 0.15) is 64.7 Å². The van der Waals surface area contributed by atoms with Crippen molar-refractivity contribution < 1.29 is 19.0 Å². The molecular weight excluding hydrogens is 280 g/mol. The fraction of sp³-hybridized carbons (Fsp3) is 0.944. The van der Waals surface area contributed by atoms with E-state index >= 15 is 0 Å². The molecule has 22 heavy (non-hydrogen) atoms. The van der Waals surface area contributed by atoms with Crippen molar-refractivity contribution in [3.8, 4) is 0 Å². The monoisotopic (exact) mass is 310 g/mol. The largest absolute Gasteiger partial charge is 0.460 e. The van der Waals surface area contributed by atoms with Gasteiger partial charge in [0.25, 0.3) is 0 Å². The standard InChI is InChI=1S/C18H30O4/c1-13(21-12-17-7-4-10-20-17)18(19)22-16-9-8-14-5-2-3-6-15(14)11-16/h13-17H,2-12H2,1H3/t13-,14+,15+,16+,17-/m0/s1. The number of rotatable bonds is 5. The molecule has 0 aromatic heterocycles. The van der Waals surface area contributed by atoms with E-state index in [2.05, 4.69) is 0 Å². The van der Waals surface area contributed by atoms with Gasteiger partial charge in [-0.3, -0.25) is 0 Å². The second-order valence-electron chi connectivity index (χ2n) is 7.29. The van der Waals surface area contributed by atoms with Crippen LogP contribution in [0.3, 0.4) is 0 Å². The van der Waals surface area contributed by atoms with Gasteiger partial charge in [0.05, 0.1) is 12.7 Å². The first-order valence-corrected chi connectivity index (χ1v) is 9.16. The van der Waals surface area contributed by atoms with Crippen molar-refractivity contribution >= 4 is 5.97 Å². The Labute approximate surface area is 133 Å². The van der Waals surface area contributed by atoms with Crippen LogP contribution in [0.25, 0.3) is 0 Å². The average Bonchev–Trinajstić information content (AvgIpc) is 3.06. The molecule has 0 amide bonds. The van der Waals surface area contributed by atoms with Crippen LogP contribution in [0.4, 0.5) is 0 Å². The van der Waals surface area contributed by atoms with Crippen LogP contribution in [0.15, 0.2) is 0 Å². The fourth-order valence-corrected chi connectivity index (χ4v) is 4.29. The van der Waals surface area contributed by atoms with Crippen molar-refractivity contribution in [2.24, 2.45) is 11.8 Å². The molecule has 1 saturated heterocycles. The third-order valence-electron chi connectivity index (χ3n) is 5.66. The maximum Gasteiger partial charge on any atom is 0.335 e. The van der Waals surface area contributed by atoms with Crippen LogP contribution in [0.2, 0.25) is 0 Å². The average molecular weight is 310 g/mol. The lowest BCUT2D eigenvalue weighted by Crippen LogP contribution is -2.36. The molecule has 5 atom stereocenters. The topological polar surface area (TPSA) is 44.8 Å². The minimum Gasteiger partial charge on any atom is -0.460 e. The van der Waals surface area contributed by atoms with E-state index in [1.165, 1.54) is 32.1 Å². The van der Waals surface area contributed by atoms with E-state index in [1.54, 1.807) is 6.92 Å². The maximum absolute atomic E-state index is 12.2. The van der Waals surface area contributed by atoms with E-state index in [1.807, 2.05) is 0 Å². The van der Waals surface area contributed by atoms with Gasteiger partial charge in [0.1, 0.15) is 6.10 Å². The molecule has 3 rings (SSSR count). The summed E-state index contributed by atoms with van der Waals surface area (Å²) in [6.07, 6.45) is 10.7. The Morgan fingerprint density at radius 2 is 1.91 bits per heavy atom. The Morgan fingerprint density at radius 3 is 2.68 bits per heavy atom. The van der Waals surface area contributed by atoms with Crippen LogP contribution < -0.4 is 0 Å². The van der Waals surface area contributed by atoms with Gasteiger partial charge in [-0.15, -0.1) is 0 Å². The Hall–Kier alpha value is -0.610. The first-order valence-electron chi connectivity index (χ1n) is 9.16. The summed E-state index contributed by atoms with van der Waals surface area (Å²) in [7, 11) is 0. The van der Waals surface area contributed by atoms with Crippen molar-refractivity contribution in [2.45, 2.75) is 83.0 Å². The van der Waals surface area contributed by atoms with Crippen molar-refractivity contribution in [1.29, 1.82) is 0 Å². The zero-order valence-corrected chi connectivity index (χ0v) is 13.8. The van der Waals surface area contributed by atoms with Gasteiger partial charge in [0.15, 0.2) is 6.10 Å². The quantitative estimate of drug-likeness (QED) is 0.729. The highest BCUT2D eigenvalue weighted by atomic mass is 16.6. The first-order chi connectivity index (χ1) is 10.7. The number of carbonyl (C=O) groups is 1. The van der Waals surface area contributed by atoms with Gasteiger partial charge in [-0.05, 0) is 50.9 Å². The number of carbonyl (C=O) groups excluding carboxylic acids is 1. The second kappa shape index (κ2) is 7.78. The molecule has 4 heteroatoms. The number of hydrogen-bond donors (Lipinski definition) is 0. The molecular formula is C18H30O4. The van der Waals surface area contributed by atoms with E-state index < -0.39 is 6.10 Å². The van der Waals surface area contributed by atoms with Gasteiger partial charge in [-0.25, -0.2) is 4.79 Å². The van der Waals surface area contributed by atoms with Crippen molar-refractivity contribution in [3.63, 3.8) is 0 Å². The van der Waals surface area contributed by atoms with Crippen molar-refractivity contribution in [2.75, 3.05) is 13.2 Å². The summed E-state index contributed by atoms with van der Waals surface area (Å²) >= 11 is 0. The maximum atomic E-state index is 12.2. The summed E-state index contributed by atoms with van der Waals surface area (Å²) in [5.74, 6) is 1.47. The summed E-state index contributed by atoms with van der Waals surface area (Å²) < 4.78 is 16.9. The van der Waals surface area contributed by atoms with Crippen LogP contribution in [0, 0.1) is 11.8 Å². The summed E-state index contributed by atoms with van der Waals surface area (Å²) in [5, 5.41) is 0. The first kappa shape index (κ1) is 16.3. The molecule has 2 aliphatic carbocycles. The van der Waals surface area contributed by atoms with Crippen LogP contribution in [-0.4, -0.2) is 37.5 Å². The third-order valence-corrected chi connectivity index (χ3v) is 5.66. The predicted octanol–water partition coefficient (Wildman–Crippen LogP) is 3.47. The normalized spacial score (nSPS) is 36.6. The minimum absolute atomic E-state index is 0.112. The lowest BCUT2D eigenvalue weighted by Gasteiger charge is -2.39. The smallest absolute Gasteiger partial charge is 0.335 e. The van der Waals surface area contributed by atoms with Crippen molar-refractivity contribution in [1.82, 2.24) is 0 Å². The molecule has 0 aromatic carbocycles. The third kappa shape index (κ3) is 4.23. The Morgan fingerprint density at radius 1 is 1.09 bits per heavy atom. The van der Waals surface area contributed by atoms with Gasteiger partial charge < -0.3 is 14.2 Å². The molecule has 3 aliphatic rings. The molecule has 126 valence electrons. The van der Waals surface area contributed by atoms with Gasteiger partial charge in [-0.1, -0.05) is 25.7 Å². The lowest BCUT2D eigenvalue weighted by molar-refractivity contribution is -0.166. The summed E-state index contributed by atoms with van der Waals surface area (Å²) in [4.78, 5) is 12.2. The van der Waals surface area contributed by atoms with Gasteiger partial charge >= 0.3 is 5.97 Å². The Kier molecular flexibility index (Phi) is 5.75. The number of fused-ring (bicyclic) bond motifs is 1. The molecule has 1 aliphatic heterocycles. The van der Waals surface area contributed by atoms with E-state index in [9.17, 15) is 4.79 Å². The van der Waals surface area contributed by atoms with Crippen molar-refractivity contribution in [3.05, 3.63) is 0 Å². The van der Waals surface area contributed by atoms with Gasteiger partial charge in [0, 0.05) is 6.61 Å². The summed E-state index contributed by atoms with van der Waals surface area (Å²) in [6.45, 7) is 3.12. The number of ether oxygens (including phenoxy) is 3. The molecule has 1 heterocycles. The predicted molar refractivity (Wildman–Crippen MR) is 83.6 cm³/mol. The van der Waals surface area contributed by atoms with Crippen LogP contribution in [0.5, 0.6) is 0 Å². The highest BCUT2D eigenvalue weighted by Crippen LogP contribution is 2.41. The molecule has 4 nitrogen and oxygen atoms in total. The molecule has 0 aromatic rings. The number of hydrogen-bond acceptors (Lipinski definition) is 4. The molecule has 0 radical (unpaired) electrons. The Balaban J connectivity index is 1.38. The molecule has 0 unspecified atom stereocenters. The fourth-order valence-electron chi connectivity index (χ4n) is 4.29. The molecule has 2 saturated carbocycles. The molecule has 3 fully saturated rings.